The summed E-state index contributed by atoms with van der Waals surface area (Å²) in [6, 6.07) is -1.28. The van der Waals surface area contributed by atoms with Crippen LogP contribution in [0.25, 0.3) is 0 Å². The maximum atomic E-state index is 12.3. The number of aliphatic carboxylic acids is 1. The number of anilines is 1. The van der Waals surface area contributed by atoms with E-state index in [-0.39, 0.29) is 11.3 Å². The summed E-state index contributed by atoms with van der Waals surface area (Å²) in [6.07, 6.45) is 2.08. The van der Waals surface area contributed by atoms with Crippen molar-refractivity contribution in [3.05, 3.63) is 0 Å². The molecule has 20 heavy (non-hydrogen) atoms. The van der Waals surface area contributed by atoms with Gasteiger partial charge in [0.1, 0.15) is 6.04 Å². The summed E-state index contributed by atoms with van der Waals surface area (Å²) in [7, 11) is 1.58. The van der Waals surface area contributed by atoms with E-state index in [0.29, 0.717) is 11.7 Å². The van der Waals surface area contributed by atoms with E-state index in [1.807, 2.05) is 0 Å². The van der Waals surface area contributed by atoms with Crippen LogP contribution in [0.2, 0.25) is 0 Å². The lowest BCUT2D eigenvalue weighted by Crippen LogP contribution is -2.48. The second-order valence-electron chi connectivity index (χ2n) is 4.86. The van der Waals surface area contributed by atoms with Crippen molar-refractivity contribution in [2.75, 3.05) is 11.1 Å². The second kappa shape index (κ2) is 4.93. The Labute approximate surface area is 118 Å². The number of thioether (sulfide) groups is 1. The van der Waals surface area contributed by atoms with Crippen LogP contribution >= 0.6 is 11.8 Å². The van der Waals surface area contributed by atoms with Crippen molar-refractivity contribution in [2.24, 2.45) is 13.0 Å². The van der Waals surface area contributed by atoms with Crippen LogP contribution in [0.4, 0.5) is 10.7 Å². The highest BCUT2D eigenvalue weighted by Gasteiger charge is 2.48. The van der Waals surface area contributed by atoms with E-state index in [4.69, 9.17) is 0 Å². The summed E-state index contributed by atoms with van der Waals surface area (Å²) in [5, 5.41) is 22.8. The summed E-state index contributed by atoms with van der Waals surface area (Å²) in [6.45, 7) is 0. The molecule has 1 saturated carbocycles. The van der Waals surface area contributed by atoms with E-state index in [2.05, 4.69) is 20.7 Å². The average Bonchev–Trinajstić information content (AvgIpc) is 3.00. The average molecular weight is 298 g/mol. The van der Waals surface area contributed by atoms with E-state index >= 15 is 0 Å². The molecule has 2 fully saturated rings. The third kappa shape index (κ3) is 2.42. The quantitative estimate of drug-likeness (QED) is 0.806. The number of urea groups is 1. The first kappa shape index (κ1) is 13.2. The first-order valence-corrected chi connectivity index (χ1v) is 7.29. The second-order valence-corrected chi connectivity index (χ2v) is 6.00. The zero-order valence-corrected chi connectivity index (χ0v) is 11.6. The zero-order chi connectivity index (χ0) is 14.3. The van der Waals surface area contributed by atoms with Crippen LogP contribution in [-0.4, -0.2) is 59.4 Å². The molecule has 1 aliphatic heterocycles. The molecule has 1 aromatic heterocycles. The first-order chi connectivity index (χ1) is 9.56. The number of carbonyl (C=O) groups excluding carboxylic acids is 1. The number of tetrazole rings is 1. The van der Waals surface area contributed by atoms with Crippen LogP contribution in [0.1, 0.15) is 12.8 Å². The number of carbonyl (C=O) groups is 2. The molecule has 2 heterocycles. The molecule has 2 amide bonds. The van der Waals surface area contributed by atoms with Gasteiger partial charge >= 0.3 is 12.0 Å². The number of carboxylic acid groups (broad SMARTS) is 1. The van der Waals surface area contributed by atoms with Crippen LogP contribution in [0.5, 0.6) is 0 Å². The van der Waals surface area contributed by atoms with Gasteiger partial charge in [-0.2, -0.15) is 4.80 Å². The maximum absolute atomic E-state index is 12.3. The Bertz CT molecular complexity index is 545. The number of aromatic nitrogens is 4. The Balaban J connectivity index is 1.76. The van der Waals surface area contributed by atoms with Gasteiger partial charge in [-0.3, -0.25) is 10.2 Å². The Morgan fingerprint density at radius 2 is 2.20 bits per heavy atom. The van der Waals surface area contributed by atoms with Gasteiger partial charge in [0.15, 0.2) is 0 Å². The molecule has 0 spiro atoms. The monoisotopic (exact) mass is 298 g/mol. The van der Waals surface area contributed by atoms with Crippen molar-refractivity contribution in [3.8, 4) is 0 Å². The largest absolute Gasteiger partial charge is 0.480 e. The summed E-state index contributed by atoms with van der Waals surface area (Å²) >= 11 is 1.52. The van der Waals surface area contributed by atoms with Crippen LogP contribution in [-0.2, 0) is 11.8 Å². The first-order valence-electron chi connectivity index (χ1n) is 6.24. The highest BCUT2D eigenvalue weighted by atomic mass is 32.2. The van der Waals surface area contributed by atoms with Gasteiger partial charge in [-0.25, -0.2) is 9.59 Å². The Hall–Kier alpha value is -1.84. The molecule has 2 unspecified atom stereocenters. The predicted octanol–water partition coefficient (Wildman–Crippen LogP) is -0.0199. The highest BCUT2D eigenvalue weighted by Crippen LogP contribution is 2.45. The number of carboxylic acids is 1. The Kier molecular flexibility index (Phi) is 3.24. The van der Waals surface area contributed by atoms with Crippen LogP contribution in [0.15, 0.2) is 0 Å². The van der Waals surface area contributed by atoms with Gasteiger partial charge in [0.25, 0.3) is 5.95 Å². The van der Waals surface area contributed by atoms with E-state index in [1.165, 1.54) is 21.5 Å². The van der Waals surface area contributed by atoms with Crippen molar-refractivity contribution >= 4 is 29.7 Å². The van der Waals surface area contributed by atoms with Gasteiger partial charge in [-0.15, -0.1) is 16.9 Å². The third-order valence-electron chi connectivity index (χ3n) is 3.31. The van der Waals surface area contributed by atoms with Crippen LogP contribution in [0.3, 0.4) is 0 Å². The van der Waals surface area contributed by atoms with Crippen molar-refractivity contribution in [2.45, 2.75) is 24.3 Å². The summed E-state index contributed by atoms with van der Waals surface area (Å²) in [5.41, 5.74) is 0. The topological polar surface area (TPSA) is 113 Å². The lowest BCUT2D eigenvalue weighted by Gasteiger charge is -2.26. The number of rotatable bonds is 3. The van der Waals surface area contributed by atoms with Gasteiger partial charge in [0, 0.05) is 5.75 Å². The summed E-state index contributed by atoms with van der Waals surface area (Å²) < 4.78 is 0. The minimum absolute atomic E-state index is 0.0761. The fourth-order valence-corrected chi connectivity index (χ4v) is 3.84. The van der Waals surface area contributed by atoms with Gasteiger partial charge in [-0.05, 0) is 24.0 Å². The van der Waals surface area contributed by atoms with E-state index < -0.39 is 18.0 Å². The van der Waals surface area contributed by atoms with E-state index in [9.17, 15) is 14.7 Å². The van der Waals surface area contributed by atoms with Crippen molar-refractivity contribution in [1.29, 1.82) is 0 Å². The van der Waals surface area contributed by atoms with Gasteiger partial charge in [-0.1, -0.05) is 5.10 Å². The summed E-state index contributed by atoms with van der Waals surface area (Å²) in [5.74, 6) is -0.0985. The molecule has 1 aliphatic carbocycles. The lowest BCUT2D eigenvalue weighted by atomic mass is 10.2. The molecule has 0 radical (unpaired) electrons. The van der Waals surface area contributed by atoms with Gasteiger partial charge < -0.3 is 5.11 Å². The molecule has 2 atom stereocenters. The molecule has 108 valence electrons. The minimum atomic E-state index is -0.983. The predicted molar refractivity (Wildman–Crippen MR) is 70.0 cm³/mol. The van der Waals surface area contributed by atoms with Crippen molar-refractivity contribution in [1.82, 2.24) is 25.1 Å². The van der Waals surface area contributed by atoms with Crippen LogP contribution in [0, 0.1) is 5.92 Å². The van der Waals surface area contributed by atoms with Gasteiger partial charge in [0.2, 0.25) is 0 Å². The fraction of sp³-hybridized carbons (Fsp3) is 0.700. The van der Waals surface area contributed by atoms with E-state index in [0.717, 1.165) is 12.8 Å². The van der Waals surface area contributed by atoms with Crippen molar-refractivity contribution in [3.63, 3.8) is 0 Å². The molecular weight excluding hydrogens is 284 g/mol. The molecule has 3 rings (SSSR count). The zero-order valence-electron chi connectivity index (χ0n) is 10.8. The minimum Gasteiger partial charge on any atom is -0.480 e. The molecule has 2 N–H and O–H groups in total. The molecule has 0 aromatic carbocycles. The number of hydrogen-bond acceptors (Lipinski definition) is 6. The molecule has 10 heteroatoms. The number of aryl methyl sites for hydroxylation is 1. The molecule has 2 aliphatic rings. The molecule has 1 saturated heterocycles. The molecule has 1 aromatic rings. The fourth-order valence-electron chi connectivity index (χ4n) is 2.21. The van der Waals surface area contributed by atoms with Gasteiger partial charge in [0.05, 0.1) is 12.4 Å². The smallest absolute Gasteiger partial charge is 0.327 e. The highest BCUT2D eigenvalue weighted by molar-refractivity contribution is 8.00. The number of amides is 2. The lowest BCUT2D eigenvalue weighted by molar-refractivity contribution is -0.141. The number of hydrogen-bond donors (Lipinski definition) is 2. The molecule has 0 bridgehead atoms. The number of nitrogens with zero attached hydrogens (tertiary/aromatic N) is 5. The Morgan fingerprint density at radius 3 is 2.75 bits per heavy atom. The van der Waals surface area contributed by atoms with E-state index in [1.54, 1.807) is 7.05 Å². The molecular formula is C10H14N6O3S. The third-order valence-corrected chi connectivity index (χ3v) is 4.77. The maximum Gasteiger partial charge on any atom is 0.327 e. The van der Waals surface area contributed by atoms with Crippen molar-refractivity contribution < 1.29 is 14.7 Å². The normalized spacial score (nSPS) is 25.8. The SMILES string of the molecule is Cn1nnc(NC(=O)N2C(C(=O)O)CSC2C2CC2)n1. The summed E-state index contributed by atoms with van der Waals surface area (Å²) in [4.78, 5) is 26.2. The molecule has 9 nitrogen and oxygen atoms in total. The Morgan fingerprint density at radius 1 is 1.45 bits per heavy atom. The van der Waals surface area contributed by atoms with Crippen LogP contribution < -0.4 is 5.32 Å². The number of nitrogens with one attached hydrogen (secondary N) is 1. The standard InChI is InChI=1S/C10H14N6O3S/c1-15-13-9(12-14-15)11-10(19)16-6(8(17)18)4-20-7(16)5-2-3-5/h5-7H,2-4H2,1H3,(H,17,18)(H,11,13,19).